The molecule has 360 valence electrons. The minimum atomic E-state index is -4.93. The quantitative estimate of drug-likeness (QED) is 0.172. The van der Waals surface area contributed by atoms with Gasteiger partial charge in [-0.15, -0.1) is 11.3 Å². The number of carbonyl (C=O) groups excluding carboxylic acids is 4. The molecule has 2 aliphatic heterocycles. The Hall–Kier alpha value is -4.98. The minimum Gasteiger partial charge on any atom is -0.497 e. The Morgan fingerprint density at radius 3 is 2.42 bits per heavy atom. The van der Waals surface area contributed by atoms with Crippen molar-refractivity contribution in [2.24, 2.45) is 17.8 Å². The lowest BCUT2D eigenvalue weighted by atomic mass is 9.85. The Labute approximate surface area is 387 Å². The van der Waals surface area contributed by atoms with E-state index < -0.39 is 86.4 Å². The summed E-state index contributed by atoms with van der Waals surface area (Å²) in [5, 5.41) is 8.58. The van der Waals surface area contributed by atoms with Gasteiger partial charge >= 0.3 is 12.3 Å². The van der Waals surface area contributed by atoms with Crippen molar-refractivity contribution in [3.8, 4) is 22.2 Å². The van der Waals surface area contributed by atoms with E-state index in [0.717, 1.165) is 16.3 Å². The molecule has 7 atom stereocenters. The van der Waals surface area contributed by atoms with Gasteiger partial charge in [0.25, 0.3) is 5.91 Å². The van der Waals surface area contributed by atoms with Crippen LogP contribution in [0.3, 0.4) is 0 Å². The lowest BCUT2D eigenvalue weighted by Crippen LogP contribution is -2.59. The average Bonchev–Trinajstić information content (AvgIpc) is 4.11. The van der Waals surface area contributed by atoms with Crippen molar-refractivity contribution >= 4 is 55.9 Å². The van der Waals surface area contributed by atoms with Crippen LogP contribution in [-0.4, -0.2) is 102 Å². The number of alkyl carbamates (subject to hydrolysis) is 1. The number of benzene rings is 1. The van der Waals surface area contributed by atoms with Crippen LogP contribution < -0.4 is 24.8 Å². The summed E-state index contributed by atoms with van der Waals surface area (Å²) in [4.78, 5) is 68.0. The first kappa shape index (κ1) is 48.9. The zero-order chi connectivity index (χ0) is 48.1. The van der Waals surface area contributed by atoms with Gasteiger partial charge in [0, 0.05) is 45.7 Å². The number of sulfonamides is 1. The van der Waals surface area contributed by atoms with Gasteiger partial charge in [-0.3, -0.25) is 19.1 Å². The van der Waals surface area contributed by atoms with Gasteiger partial charge < -0.3 is 29.7 Å². The van der Waals surface area contributed by atoms with Crippen LogP contribution in [0.1, 0.15) is 106 Å². The van der Waals surface area contributed by atoms with Gasteiger partial charge in [0.2, 0.25) is 33.3 Å². The van der Waals surface area contributed by atoms with Crippen molar-refractivity contribution < 1.29 is 55.0 Å². The van der Waals surface area contributed by atoms with E-state index in [9.17, 15) is 36.0 Å². The summed E-state index contributed by atoms with van der Waals surface area (Å²) in [6, 6.07) is 2.57. The van der Waals surface area contributed by atoms with Crippen LogP contribution in [0.5, 0.6) is 11.6 Å². The number of nitrogens with one attached hydrogen (secondary N) is 3. The highest BCUT2D eigenvalue weighted by Crippen LogP contribution is 2.47. The molecule has 20 heteroatoms. The molecule has 1 saturated heterocycles. The number of halogens is 3. The van der Waals surface area contributed by atoms with E-state index in [2.05, 4.69) is 36.1 Å². The highest BCUT2D eigenvalue weighted by atomic mass is 32.2. The van der Waals surface area contributed by atoms with E-state index in [-0.39, 0.29) is 36.6 Å². The third-order valence-corrected chi connectivity index (χ3v) is 15.8. The maximum absolute atomic E-state index is 15.1. The van der Waals surface area contributed by atoms with Crippen molar-refractivity contribution in [2.75, 3.05) is 13.7 Å². The molecule has 4 heterocycles. The van der Waals surface area contributed by atoms with Gasteiger partial charge in [-0.05, 0) is 82.4 Å². The molecule has 7 rings (SSSR count). The number of pyridine rings is 1. The molecule has 0 radical (unpaired) electrons. The van der Waals surface area contributed by atoms with Gasteiger partial charge in [-0.25, -0.2) is 23.2 Å². The predicted molar refractivity (Wildman–Crippen MR) is 241 cm³/mol. The summed E-state index contributed by atoms with van der Waals surface area (Å²) in [5.74, 6) is -2.91. The number of hydrogen-bond donors (Lipinski definition) is 3. The topological polar surface area (TPSA) is 195 Å². The number of aromatic nitrogens is 2. The fraction of sp³-hybridized carbons (Fsp3) is 0.609. The fourth-order valence-electron chi connectivity index (χ4n) is 8.65. The SMILES string of the molecule is CC[C@@H]1C[C@H](C)CC/C=C\C2C[C@@]2(C(=O)NS(=O)(=O)C2CC2)NC(=O)[C@@H]2C[C@@H](Oc3ncc(-c4nc(C(C)(C)C)cs4)c4cc(OC)ccc34)CN2C(=O)[C@H]1NC(=O)OC(C)(C)C(F)(F)F. The molecular weight excluding hydrogens is 902 g/mol. The van der Waals surface area contributed by atoms with Crippen LogP contribution in [0, 0.1) is 17.8 Å². The second-order valence-electron chi connectivity index (χ2n) is 19.6. The molecule has 0 bridgehead atoms. The smallest absolute Gasteiger partial charge is 0.427 e. The Balaban J connectivity index is 1.26. The second-order valence-corrected chi connectivity index (χ2v) is 22.5. The first-order valence-electron chi connectivity index (χ1n) is 22.4. The highest BCUT2D eigenvalue weighted by molar-refractivity contribution is 7.91. The van der Waals surface area contributed by atoms with Crippen molar-refractivity contribution in [1.82, 2.24) is 30.2 Å². The Morgan fingerprint density at radius 2 is 1.79 bits per heavy atom. The first-order valence-corrected chi connectivity index (χ1v) is 24.8. The fourth-order valence-corrected chi connectivity index (χ4v) is 11.1. The summed E-state index contributed by atoms with van der Waals surface area (Å²) < 4.78 is 87.0. The van der Waals surface area contributed by atoms with Crippen LogP contribution in [0.4, 0.5) is 18.0 Å². The number of ether oxygens (including phenoxy) is 3. The van der Waals surface area contributed by atoms with E-state index in [0.29, 0.717) is 68.9 Å². The number of methoxy groups -OCH3 is 1. The average molecular weight is 961 g/mol. The van der Waals surface area contributed by atoms with Crippen molar-refractivity contribution in [1.29, 1.82) is 0 Å². The zero-order valence-corrected chi connectivity index (χ0v) is 40.0. The number of amides is 4. The van der Waals surface area contributed by atoms with E-state index in [1.165, 1.54) is 16.2 Å². The third-order valence-electron chi connectivity index (χ3n) is 13.1. The van der Waals surface area contributed by atoms with Crippen molar-refractivity contribution in [2.45, 2.75) is 146 Å². The molecule has 2 saturated carbocycles. The normalized spacial score (nSPS) is 27.1. The maximum atomic E-state index is 15.1. The van der Waals surface area contributed by atoms with E-state index in [4.69, 9.17) is 24.2 Å². The molecule has 3 N–H and O–H groups in total. The summed E-state index contributed by atoms with van der Waals surface area (Å²) in [5.41, 5.74) is -3.14. The number of alkyl halides is 3. The Morgan fingerprint density at radius 1 is 1.06 bits per heavy atom. The van der Waals surface area contributed by atoms with Crippen LogP contribution in [0.15, 0.2) is 41.9 Å². The summed E-state index contributed by atoms with van der Waals surface area (Å²) in [6.07, 6.45) is 0.632. The van der Waals surface area contributed by atoms with Crippen molar-refractivity contribution in [3.63, 3.8) is 0 Å². The van der Waals surface area contributed by atoms with Gasteiger partial charge in [0.05, 0.1) is 24.6 Å². The number of thiazole rings is 1. The number of carbonyl (C=O) groups is 4. The van der Waals surface area contributed by atoms with Crippen LogP contribution in [-0.2, 0) is 34.6 Å². The zero-order valence-electron chi connectivity index (χ0n) is 38.4. The summed E-state index contributed by atoms with van der Waals surface area (Å²) >= 11 is 1.47. The van der Waals surface area contributed by atoms with Crippen LogP contribution in [0.2, 0.25) is 0 Å². The largest absolute Gasteiger partial charge is 0.497 e. The number of fused-ring (bicyclic) bond motifs is 3. The molecule has 1 unspecified atom stereocenters. The summed E-state index contributed by atoms with van der Waals surface area (Å²) in [7, 11) is -2.46. The molecule has 2 aliphatic carbocycles. The predicted octanol–water partition coefficient (Wildman–Crippen LogP) is 7.33. The van der Waals surface area contributed by atoms with Crippen LogP contribution in [0.25, 0.3) is 21.3 Å². The number of nitrogens with zero attached hydrogens (tertiary/aromatic N) is 3. The monoisotopic (exact) mass is 960 g/mol. The van der Waals surface area contributed by atoms with Crippen molar-refractivity contribution in [3.05, 3.63) is 47.6 Å². The van der Waals surface area contributed by atoms with Gasteiger partial charge in [0.15, 0.2) is 0 Å². The molecule has 3 aromatic rings. The molecule has 2 aromatic heterocycles. The molecule has 0 spiro atoms. The molecule has 66 heavy (non-hydrogen) atoms. The van der Waals surface area contributed by atoms with Gasteiger partial charge in [0.1, 0.15) is 34.5 Å². The van der Waals surface area contributed by atoms with Crippen LogP contribution >= 0.6 is 11.3 Å². The molecule has 4 amide bonds. The van der Waals surface area contributed by atoms with E-state index in [1.54, 1.807) is 38.4 Å². The highest BCUT2D eigenvalue weighted by Gasteiger charge is 2.62. The first-order chi connectivity index (χ1) is 30.9. The maximum Gasteiger partial charge on any atom is 0.427 e. The number of allylic oxidation sites excluding steroid dienone is 1. The van der Waals surface area contributed by atoms with E-state index in [1.807, 2.05) is 24.4 Å². The molecule has 3 fully saturated rings. The number of rotatable bonds is 10. The molecule has 1 aromatic carbocycles. The van der Waals surface area contributed by atoms with Gasteiger partial charge in [-0.1, -0.05) is 53.2 Å². The molecular formula is C46H59F3N6O9S2. The lowest BCUT2D eigenvalue weighted by Gasteiger charge is -2.35. The summed E-state index contributed by atoms with van der Waals surface area (Å²) in [6.45, 7) is 11.1. The van der Waals surface area contributed by atoms with E-state index >= 15 is 4.79 Å². The number of hydrogen-bond acceptors (Lipinski definition) is 12. The Kier molecular flexibility index (Phi) is 13.5. The molecule has 4 aliphatic rings. The standard InChI is InChI=1S/C46H59F3N6O9S2/c1-9-26-18-25(2)12-10-11-13-27-21-45(27,41(58)54-66(60,61)30-15-16-30)53-37(56)34-20-29(23-55(34)40(57)36(26)52-42(59)64-44(6,7)46(47,48)49)63-38-31-17-14-28(62-8)19-32(31)33(22-50-38)39-51-35(24-65-39)43(3,4)5/h11,13-14,17,19,22,24-27,29-30,34,36H,9-10,12,15-16,18,20-21,23H2,1-8H3,(H,52,59)(H,53,56)(H,54,58)/b13-11-/t25-,26-,27?,29-,34+,36+,45-/m1/s1. The third kappa shape index (κ3) is 10.3. The lowest BCUT2D eigenvalue weighted by molar-refractivity contribution is -0.244. The van der Waals surface area contributed by atoms with Gasteiger partial charge in [-0.2, -0.15) is 13.2 Å². The molecule has 15 nitrogen and oxygen atoms in total. The minimum absolute atomic E-state index is 0.0454. The second kappa shape index (κ2) is 18.3. The Bertz CT molecular complexity index is 2500.